The van der Waals surface area contributed by atoms with Gasteiger partial charge in [0, 0.05) is 4.88 Å². The maximum atomic E-state index is 4.46. The molecule has 7 heteroatoms. The lowest BCUT2D eigenvalue weighted by atomic mass is 9.89. The quantitative estimate of drug-likeness (QED) is 0.496. The third-order valence-corrected chi connectivity index (χ3v) is 5.49. The zero-order valence-corrected chi connectivity index (χ0v) is 11.8. The highest BCUT2D eigenvalue weighted by atomic mass is 32.1. The van der Waals surface area contributed by atoms with Crippen molar-refractivity contribution in [2.24, 2.45) is 5.92 Å². The van der Waals surface area contributed by atoms with Gasteiger partial charge in [-0.05, 0) is 30.7 Å². The normalized spacial score (nSPS) is 19.1. The SMILES string of the molecule is CC1CCc2sc3c(c2C1)c1ncnn1c1nncn31. The van der Waals surface area contributed by atoms with E-state index in [1.165, 1.54) is 33.5 Å². The molecule has 0 saturated heterocycles. The molecule has 100 valence electrons. The van der Waals surface area contributed by atoms with Gasteiger partial charge in [-0.25, -0.2) is 4.98 Å². The highest BCUT2D eigenvalue weighted by molar-refractivity contribution is 7.19. The molecule has 5 rings (SSSR count). The molecule has 0 aromatic carbocycles. The van der Waals surface area contributed by atoms with E-state index in [0.29, 0.717) is 0 Å². The lowest BCUT2D eigenvalue weighted by Gasteiger charge is -2.17. The van der Waals surface area contributed by atoms with Gasteiger partial charge < -0.3 is 0 Å². The van der Waals surface area contributed by atoms with Crippen LogP contribution in [0.2, 0.25) is 0 Å². The van der Waals surface area contributed by atoms with Crippen LogP contribution in [0.5, 0.6) is 0 Å². The Balaban J connectivity index is 2.06. The molecule has 0 N–H and O–H groups in total. The number of hydrogen-bond donors (Lipinski definition) is 0. The van der Waals surface area contributed by atoms with Gasteiger partial charge in [0.15, 0.2) is 5.65 Å². The first-order valence-corrected chi connectivity index (χ1v) is 7.60. The molecular formula is C13H12N6S. The number of hydrogen-bond acceptors (Lipinski definition) is 5. The standard InChI is InChI=1S/C13H12N6S/c1-7-2-3-9-8(4-7)10-11-14-5-16-19(11)13-17-15-6-18(13)12(10)20-9/h5-7H,2-4H2,1H3. The lowest BCUT2D eigenvalue weighted by Crippen LogP contribution is -2.09. The van der Waals surface area contributed by atoms with E-state index in [9.17, 15) is 0 Å². The summed E-state index contributed by atoms with van der Waals surface area (Å²) in [4.78, 5) is 7.15. The van der Waals surface area contributed by atoms with Crippen LogP contribution in [0.15, 0.2) is 12.7 Å². The summed E-state index contributed by atoms with van der Waals surface area (Å²) in [6.07, 6.45) is 6.93. The molecule has 0 radical (unpaired) electrons. The van der Waals surface area contributed by atoms with E-state index in [0.717, 1.165) is 23.8 Å². The summed E-state index contributed by atoms with van der Waals surface area (Å²) in [7, 11) is 0. The van der Waals surface area contributed by atoms with Gasteiger partial charge in [-0.3, -0.25) is 4.40 Å². The molecule has 20 heavy (non-hydrogen) atoms. The van der Waals surface area contributed by atoms with E-state index < -0.39 is 0 Å². The van der Waals surface area contributed by atoms with Gasteiger partial charge in [-0.1, -0.05) is 6.92 Å². The first kappa shape index (κ1) is 10.7. The number of rotatable bonds is 0. The van der Waals surface area contributed by atoms with Crippen molar-refractivity contribution in [3.05, 3.63) is 23.1 Å². The maximum Gasteiger partial charge on any atom is 0.259 e. The predicted octanol–water partition coefficient (Wildman–Crippen LogP) is 2.11. The molecule has 0 fully saturated rings. The molecule has 4 aromatic rings. The van der Waals surface area contributed by atoms with Crippen molar-refractivity contribution < 1.29 is 0 Å². The summed E-state index contributed by atoms with van der Waals surface area (Å²) in [6.45, 7) is 2.32. The summed E-state index contributed by atoms with van der Waals surface area (Å²) >= 11 is 1.86. The maximum absolute atomic E-state index is 4.46. The second-order valence-corrected chi connectivity index (χ2v) is 6.61. The molecular weight excluding hydrogens is 272 g/mol. The molecule has 1 unspecified atom stereocenters. The molecule has 4 aromatic heterocycles. The fourth-order valence-corrected chi connectivity index (χ4v) is 4.52. The second kappa shape index (κ2) is 3.54. The van der Waals surface area contributed by atoms with E-state index in [1.807, 2.05) is 15.7 Å². The molecule has 1 aliphatic rings. The molecule has 6 nitrogen and oxygen atoms in total. The van der Waals surface area contributed by atoms with Gasteiger partial charge >= 0.3 is 0 Å². The van der Waals surface area contributed by atoms with E-state index in [2.05, 4.69) is 27.2 Å². The van der Waals surface area contributed by atoms with Crippen LogP contribution < -0.4 is 0 Å². The average molecular weight is 284 g/mol. The average Bonchev–Trinajstić information content (AvgIpc) is 3.14. The molecule has 4 heterocycles. The Morgan fingerprint density at radius 3 is 3.30 bits per heavy atom. The lowest BCUT2D eigenvalue weighted by molar-refractivity contribution is 0.508. The van der Waals surface area contributed by atoms with Gasteiger partial charge in [-0.15, -0.1) is 21.5 Å². The monoisotopic (exact) mass is 284 g/mol. The molecule has 0 spiro atoms. The van der Waals surface area contributed by atoms with Crippen molar-refractivity contribution >= 4 is 33.0 Å². The third kappa shape index (κ3) is 1.19. The summed E-state index contributed by atoms with van der Waals surface area (Å²) in [6, 6.07) is 0. The Bertz CT molecular complexity index is 962. The van der Waals surface area contributed by atoms with Crippen LogP contribution in [0.1, 0.15) is 23.8 Å². The van der Waals surface area contributed by atoms with Crippen LogP contribution in [0, 0.1) is 5.92 Å². The third-order valence-electron chi connectivity index (χ3n) is 4.20. The topological polar surface area (TPSA) is 60.4 Å². The van der Waals surface area contributed by atoms with Crippen LogP contribution in [0.3, 0.4) is 0 Å². The Hall–Kier alpha value is -2.02. The van der Waals surface area contributed by atoms with Crippen LogP contribution in [0.4, 0.5) is 0 Å². The smallest absolute Gasteiger partial charge is 0.256 e. The summed E-state index contributed by atoms with van der Waals surface area (Å²) in [5, 5.41) is 13.7. The van der Waals surface area contributed by atoms with Crippen LogP contribution in [-0.2, 0) is 12.8 Å². The number of fused-ring (bicyclic) bond motifs is 8. The van der Waals surface area contributed by atoms with Crippen LogP contribution in [0.25, 0.3) is 21.6 Å². The highest BCUT2D eigenvalue weighted by Crippen LogP contribution is 2.39. The largest absolute Gasteiger partial charge is 0.259 e. The van der Waals surface area contributed by atoms with Crippen LogP contribution in [-0.4, -0.2) is 29.2 Å². The number of aromatic nitrogens is 6. The summed E-state index contributed by atoms with van der Waals surface area (Å²) in [5.74, 6) is 1.47. The first-order valence-electron chi connectivity index (χ1n) is 6.78. The van der Waals surface area contributed by atoms with Crippen molar-refractivity contribution in [3.8, 4) is 0 Å². The van der Waals surface area contributed by atoms with Gasteiger partial charge in [0.2, 0.25) is 0 Å². The van der Waals surface area contributed by atoms with Gasteiger partial charge in [0.05, 0.1) is 5.39 Å². The molecule has 0 aliphatic heterocycles. The summed E-state index contributed by atoms with van der Waals surface area (Å²) in [5.41, 5.74) is 2.37. The minimum absolute atomic E-state index is 0.733. The van der Waals surface area contributed by atoms with Crippen molar-refractivity contribution in [2.45, 2.75) is 26.2 Å². The van der Waals surface area contributed by atoms with Crippen molar-refractivity contribution in [1.82, 2.24) is 29.2 Å². The highest BCUT2D eigenvalue weighted by Gasteiger charge is 2.24. The van der Waals surface area contributed by atoms with Gasteiger partial charge in [0.1, 0.15) is 17.5 Å². The minimum Gasteiger partial charge on any atom is -0.256 e. The fraction of sp³-hybridized carbons (Fsp3) is 0.385. The first-order chi connectivity index (χ1) is 9.83. The molecule has 0 saturated carbocycles. The summed E-state index contributed by atoms with van der Waals surface area (Å²) < 4.78 is 3.83. The Morgan fingerprint density at radius 1 is 1.40 bits per heavy atom. The van der Waals surface area contributed by atoms with E-state index in [4.69, 9.17) is 0 Å². The second-order valence-electron chi connectivity index (χ2n) is 5.53. The van der Waals surface area contributed by atoms with Crippen molar-refractivity contribution in [3.63, 3.8) is 0 Å². The van der Waals surface area contributed by atoms with E-state index in [1.54, 1.807) is 17.2 Å². The Kier molecular flexibility index (Phi) is 1.90. The zero-order valence-electron chi connectivity index (χ0n) is 10.9. The van der Waals surface area contributed by atoms with E-state index in [-0.39, 0.29) is 0 Å². The fourth-order valence-electron chi connectivity index (χ4n) is 3.22. The van der Waals surface area contributed by atoms with Crippen molar-refractivity contribution in [1.29, 1.82) is 0 Å². The Morgan fingerprint density at radius 2 is 2.35 bits per heavy atom. The number of aryl methyl sites for hydroxylation is 1. The molecule has 1 atom stereocenters. The van der Waals surface area contributed by atoms with Gasteiger partial charge in [-0.2, -0.15) is 9.61 Å². The molecule has 0 bridgehead atoms. The van der Waals surface area contributed by atoms with Crippen LogP contribution >= 0.6 is 11.3 Å². The zero-order chi connectivity index (χ0) is 13.3. The number of thiophene rings is 1. The predicted molar refractivity (Wildman–Crippen MR) is 76.1 cm³/mol. The van der Waals surface area contributed by atoms with Crippen molar-refractivity contribution in [2.75, 3.05) is 0 Å². The van der Waals surface area contributed by atoms with Gasteiger partial charge in [0.25, 0.3) is 5.78 Å². The molecule has 1 aliphatic carbocycles. The Labute approximate surface area is 118 Å². The van der Waals surface area contributed by atoms with E-state index >= 15 is 0 Å². The molecule has 0 amide bonds. The number of nitrogens with zero attached hydrogens (tertiary/aromatic N) is 6. The minimum atomic E-state index is 0.733.